The van der Waals surface area contributed by atoms with Gasteiger partial charge in [0, 0.05) is 20.1 Å². The fourth-order valence-electron chi connectivity index (χ4n) is 2.04. The summed E-state index contributed by atoms with van der Waals surface area (Å²) in [4.78, 5) is 12.7. The summed E-state index contributed by atoms with van der Waals surface area (Å²) in [6.45, 7) is 1.88. The van der Waals surface area contributed by atoms with Gasteiger partial charge in [0.15, 0.2) is 17.3 Å². The van der Waals surface area contributed by atoms with Gasteiger partial charge in [-0.15, -0.1) is 0 Å². The molecule has 2 rings (SSSR count). The molecule has 0 amide bonds. The monoisotopic (exact) mass is 412 g/mol. The van der Waals surface area contributed by atoms with Gasteiger partial charge < -0.3 is 9.47 Å². The highest BCUT2D eigenvalue weighted by molar-refractivity contribution is 9.11. The van der Waals surface area contributed by atoms with Gasteiger partial charge in [0.2, 0.25) is 0 Å². The molecule has 2 aromatic rings. The number of hydrogen-bond donors (Lipinski definition) is 0. The van der Waals surface area contributed by atoms with E-state index in [0.717, 1.165) is 14.5 Å². The van der Waals surface area contributed by atoms with E-state index >= 15 is 0 Å². The number of ketones is 1. The molecule has 0 saturated heterocycles. The SMILES string of the molecule is COc1cc(C)c(C(=O)c2ccc(Br)cc2Br)cc1OC. The number of benzene rings is 2. The van der Waals surface area contributed by atoms with Crippen molar-refractivity contribution in [1.82, 2.24) is 0 Å². The van der Waals surface area contributed by atoms with Gasteiger partial charge in [-0.2, -0.15) is 0 Å². The molecule has 0 aliphatic rings. The predicted molar refractivity (Wildman–Crippen MR) is 89.6 cm³/mol. The predicted octanol–water partition coefficient (Wildman–Crippen LogP) is 4.77. The van der Waals surface area contributed by atoms with Gasteiger partial charge >= 0.3 is 0 Å². The summed E-state index contributed by atoms with van der Waals surface area (Å²) in [6, 6.07) is 8.99. The maximum Gasteiger partial charge on any atom is 0.194 e. The lowest BCUT2D eigenvalue weighted by Gasteiger charge is -2.13. The molecular weight excluding hydrogens is 400 g/mol. The summed E-state index contributed by atoms with van der Waals surface area (Å²) >= 11 is 6.81. The lowest BCUT2D eigenvalue weighted by atomic mass is 9.98. The molecule has 21 heavy (non-hydrogen) atoms. The Morgan fingerprint density at radius 2 is 1.57 bits per heavy atom. The smallest absolute Gasteiger partial charge is 0.194 e. The number of carbonyl (C=O) groups excluding carboxylic acids is 1. The van der Waals surface area contributed by atoms with Crippen molar-refractivity contribution < 1.29 is 14.3 Å². The molecule has 0 fully saturated rings. The van der Waals surface area contributed by atoms with Crippen molar-refractivity contribution in [3.63, 3.8) is 0 Å². The van der Waals surface area contributed by atoms with E-state index in [1.54, 1.807) is 32.4 Å². The Bertz CT molecular complexity index is 696. The first-order valence-electron chi connectivity index (χ1n) is 6.20. The molecule has 0 aliphatic carbocycles. The number of aryl methyl sites for hydroxylation is 1. The normalized spacial score (nSPS) is 10.3. The van der Waals surface area contributed by atoms with Crippen LogP contribution in [0, 0.1) is 6.92 Å². The van der Waals surface area contributed by atoms with E-state index < -0.39 is 0 Å². The highest BCUT2D eigenvalue weighted by Gasteiger charge is 2.18. The molecule has 0 heterocycles. The Hall–Kier alpha value is -1.33. The molecule has 0 aliphatic heterocycles. The molecular formula is C16H14Br2O3. The number of hydrogen-bond acceptors (Lipinski definition) is 3. The van der Waals surface area contributed by atoms with Crippen LogP contribution in [0.4, 0.5) is 0 Å². The maximum absolute atomic E-state index is 12.7. The van der Waals surface area contributed by atoms with Gasteiger partial charge in [-0.05, 0) is 58.7 Å². The molecule has 2 aromatic carbocycles. The van der Waals surface area contributed by atoms with E-state index in [4.69, 9.17) is 9.47 Å². The van der Waals surface area contributed by atoms with Gasteiger partial charge in [-0.1, -0.05) is 15.9 Å². The topological polar surface area (TPSA) is 35.5 Å². The second-order valence-corrected chi connectivity index (χ2v) is 6.25. The fourth-order valence-corrected chi connectivity index (χ4v) is 3.27. The summed E-state index contributed by atoms with van der Waals surface area (Å²) in [5, 5.41) is 0. The minimum atomic E-state index is -0.0622. The van der Waals surface area contributed by atoms with Gasteiger partial charge in [-0.25, -0.2) is 0 Å². The van der Waals surface area contributed by atoms with E-state index in [-0.39, 0.29) is 5.78 Å². The van der Waals surface area contributed by atoms with Crippen LogP contribution in [0.5, 0.6) is 11.5 Å². The zero-order valence-electron chi connectivity index (χ0n) is 11.9. The molecule has 0 bridgehead atoms. The second kappa shape index (κ2) is 6.62. The van der Waals surface area contributed by atoms with Crippen molar-refractivity contribution in [1.29, 1.82) is 0 Å². The number of halogens is 2. The van der Waals surface area contributed by atoms with Crippen LogP contribution in [-0.4, -0.2) is 20.0 Å². The summed E-state index contributed by atoms with van der Waals surface area (Å²) < 4.78 is 12.2. The van der Waals surface area contributed by atoms with Crippen molar-refractivity contribution in [2.75, 3.05) is 14.2 Å². The zero-order valence-corrected chi connectivity index (χ0v) is 15.0. The van der Waals surface area contributed by atoms with Crippen LogP contribution >= 0.6 is 31.9 Å². The number of methoxy groups -OCH3 is 2. The first-order valence-corrected chi connectivity index (χ1v) is 7.79. The third-order valence-corrected chi connectivity index (χ3v) is 4.30. The molecule has 0 saturated carbocycles. The van der Waals surface area contributed by atoms with E-state index in [0.29, 0.717) is 22.6 Å². The third-order valence-electron chi connectivity index (χ3n) is 3.15. The molecule has 110 valence electrons. The molecule has 5 heteroatoms. The van der Waals surface area contributed by atoms with E-state index in [1.807, 2.05) is 19.1 Å². The molecule has 0 spiro atoms. The minimum Gasteiger partial charge on any atom is -0.493 e. The molecule has 0 radical (unpaired) electrons. The van der Waals surface area contributed by atoms with Gasteiger partial charge in [0.25, 0.3) is 0 Å². The van der Waals surface area contributed by atoms with Gasteiger partial charge in [0.05, 0.1) is 14.2 Å². The van der Waals surface area contributed by atoms with E-state index in [9.17, 15) is 4.79 Å². The van der Waals surface area contributed by atoms with E-state index in [2.05, 4.69) is 31.9 Å². The van der Waals surface area contributed by atoms with Crippen LogP contribution < -0.4 is 9.47 Å². The van der Waals surface area contributed by atoms with Crippen molar-refractivity contribution in [3.05, 3.63) is 56.0 Å². The Balaban J connectivity index is 2.53. The van der Waals surface area contributed by atoms with Crippen LogP contribution in [0.15, 0.2) is 39.3 Å². The number of carbonyl (C=O) groups is 1. The number of ether oxygens (including phenoxy) is 2. The van der Waals surface area contributed by atoms with Crippen molar-refractivity contribution in [3.8, 4) is 11.5 Å². The lowest BCUT2D eigenvalue weighted by molar-refractivity contribution is 0.103. The van der Waals surface area contributed by atoms with Crippen molar-refractivity contribution in [2.24, 2.45) is 0 Å². The standard InChI is InChI=1S/C16H14Br2O3/c1-9-6-14(20-2)15(21-3)8-12(9)16(19)11-5-4-10(17)7-13(11)18/h4-8H,1-3H3. The lowest BCUT2D eigenvalue weighted by Crippen LogP contribution is -2.06. The van der Waals surface area contributed by atoms with Crippen LogP contribution in [0.2, 0.25) is 0 Å². The van der Waals surface area contributed by atoms with Crippen molar-refractivity contribution >= 4 is 37.6 Å². The summed E-state index contributed by atoms with van der Waals surface area (Å²) in [5.74, 6) is 1.09. The Labute approximate surface area is 140 Å². The molecule has 0 unspecified atom stereocenters. The summed E-state index contributed by atoms with van der Waals surface area (Å²) in [5.41, 5.74) is 2.04. The second-order valence-electron chi connectivity index (χ2n) is 4.48. The highest BCUT2D eigenvalue weighted by Crippen LogP contribution is 2.32. The van der Waals surface area contributed by atoms with Crippen molar-refractivity contribution in [2.45, 2.75) is 6.92 Å². The Morgan fingerprint density at radius 3 is 2.14 bits per heavy atom. The molecule has 0 N–H and O–H groups in total. The summed E-state index contributed by atoms with van der Waals surface area (Å²) in [6.07, 6.45) is 0. The maximum atomic E-state index is 12.7. The quantitative estimate of drug-likeness (QED) is 0.677. The fraction of sp³-hybridized carbons (Fsp3) is 0.188. The zero-order chi connectivity index (χ0) is 15.6. The molecule has 3 nitrogen and oxygen atoms in total. The van der Waals surface area contributed by atoms with Crippen LogP contribution in [0.3, 0.4) is 0 Å². The average Bonchev–Trinajstić information content (AvgIpc) is 2.46. The Kier molecular flexibility index (Phi) is 5.06. The average molecular weight is 414 g/mol. The van der Waals surface area contributed by atoms with Gasteiger partial charge in [0.1, 0.15) is 0 Å². The first kappa shape index (κ1) is 16.0. The highest BCUT2D eigenvalue weighted by atomic mass is 79.9. The van der Waals surface area contributed by atoms with Crippen LogP contribution in [0.1, 0.15) is 21.5 Å². The number of rotatable bonds is 4. The summed E-state index contributed by atoms with van der Waals surface area (Å²) in [7, 11) is 3.13. The molecule has 0 aromatic heterocycles. The van der Waals surface area contributed by atoms with Crippen LogP contribution in [-0.2, 0) is 0 Å². The van der Waals surface area contributed by atoms with E-state index in [1.165, 1.54) is 0 Å². The van der Waals surface area contributed by atoms with Gasteiger partial charge in [-0.3, -0.25) is 4.79 Å². The van der Waals surface area contributed by atoms with Crippen LogP contribution in [0.25, 0.3) is 0 Å². The molecule has 0 atom stereocenters. The minimum absolute atomic E-state index is 0.0622. The largest absolute Gasteiger partial charge is 0.493 e. The Morgan fingerprint density at radius 1 is 0.952 bits per heavy atom. The first-order chi connectivity index (χ1) is 9.97. The third kappa shape index (κ3) is 3.30.